The van der Waals surface area contributed by atoms with Crippen molar-refractivity contribution in [1.29, 1.82) is 0 Å². The Balaban J connectivity index is 2.32. The smallest absolute Gasteiger partial charge is 0.0352 e. The molecule has 1 heterocycles. The molecule has 0 atom stereocenters. The fraction of sp³-hybridized carbons (Fsp3) is 1.00. The maximum atomic E-state index is 2.57. The van der Waals surface area contributed by atoms with Gasteiger partial charge in [-0.2, -0.15) is 0 Å². The van der Waals surface area contributed by atoms with Crippen LogP contribution in [0.4, 0.5) is 0 Å². The van der Waals surface area contributed by atoms with E-state index in [1.165, 1.54) is 19.6 Å². The van der Waals surface area contributed by atoms with Crippen LogP contribution in [0.15, 0.2) is 0 Å². The van der Waals surface area contributed by atoms with Crippen molar-refractivity contribution in [2.45, 2.75) is 32.9 Å². The molecule has 0 aliphatic carbocycles. The predicted octanol–water partition coefficient (Wildman–Crippen LogP) is 1.03. The molecule has 0 radical (unpaired) electrons. The van der Waals surface area contributed by atoms with Crippen LogP contribution in [0, 0.1) is 0 Å². The van der Waals surface area contributed by atoms with Crippen LogP contribution in [0.1, 0.15) is 20.8 Å². The van der Waals surface area contributed by atoms with Crippen LogP contribution in [-0.2, 0) is 0 Å². The summed E-state index contributed by atoms with van der Waals surface area (Å²) in [7, 11) is 2.19. The Morgan fingerprint density at radius 3 is 2.27 bits per heavy atom. The molecule has 0 spiro atoms. The van der Waals surface area contributed by atoms with Crippen LogP contribution in [0.2, 0.25) is 0 Å². The molecule has 66 valence electrons. The third kappa shape index (κ3) is 1.94. The first-order valence-electron chi connectivity index (χ1n) is 4.59. The highest BCUT2D eigenvalue weighted by Crippen LogP contribution is 2.14. The van der Waals surface area contributed by atoms with Crippen molar-refractivity contribution >= 4 is 0 Å². The zero-order chi connectivity index (χ0) is 8.43. The fourth-order valence-corrected chi connectivity index (χ4v) is 1.92. The molecule has 1 saturated heterocycles. The largest absolute Gasteiger partial charge is 0.303 e. The van der Waals surface area contributed by atoms with Crippen LogP contribution in [0.25, 0.3) is 0 Å². The zero-order valence-corrected chi connectivity index (χ0v) is 8.17. The lowest BCUT2D eigenvalue weighted by atomic mass is 10.1. The van der Waals surface area contributed by atoms with E-state index in [9.17, 15) is 0 Å². The molecule has 11 heavy (non-hydrogen) atoms. The van der Waals surface area contributed by atoms with E-state index in [1.807, 2.05) is 0 Å². The van der Waals surface area contributed by atoms with E-state index < -0.39 is 0 Å². The van der Waals surface area contributed by atoms with E-state index in [4.69, 9.17) is 0 Å². The Kier molecular flexibility index (Phi) is 2.90. The molecule has 1 fully saturated rings. The first kappa shape index (κ1) is 9.01. The number of likely N-dealkylation sites (N-methyl/N-ethyl adjacent to an activating group) is 2. The lowest BCUT2D eigenvalue weighted by Crippen LogP contribution is -2.59. The molecule has 0 bridgehead atoms. The summed E-state index contributed by atoms with van der Waals surface area (Å²) in [4.78, 5) is 4.94. The third-order valence-corrected chi connectivity index (χ3v) is 2.54. The first-order chi connectivity index (χ1) is 5.15. The van der Waals surface area contributed by atoms with Crippen molar-refractivity contribution in [2.24, 2.45) is 0 Å². The third-order valence-electron chi connectivity index (χ3n) is 2.54. The lowest BCUT2D eigenvalue weighted by molar-refractivity contribution is 0.0361. The van der Waals surface area contributed by atoms with Crippen LogP contribution in [0.3, 0.4) is 0 Å². The molecule has 2 heteroatoms. The monoisotopic (exact) mass is 156 g/mol. The number of nitrogens with zero attached hydrogens (tertiary/aromatic N) is 2. The summed E-state index contributed by atoms with van der Waals surface area (Å²) in [5.74, 6) is 0. The molecule has 0 aromatic heterocycles. The second kappa shape index (κ2) is 3.55. The second-order valence-electron chi connectivity index (χ2n) is 3.80. The maximum absolute atomic E-state index is 2.57. The van der Waals surface area contributed by atoms with Gasteiger partial charge in [0.1, 0.15) is 0 Å². The number of hydrogen-bond donors (Lipinski definition) is 0. The van der Waals surface area contributed by atoms with Crippen LogP contribution in [-0.4, -0.2) is 48.6 Å². The van der Waals surface area contributed by atoms with Gasteiger partial charge in [-0.15, -0.1) is 0 Å². The normalized spacial score (nSPS) is 21.3. The Morgan fingerprint density at radius 2 is 2.00 bits per heavy atom. The number of likely N-dealkylation sites (tertiary alicyclic amines) is 1. The van der Waals surface area contributed by atoms with E-state index in [2.05, 4.69) is 37.6 Å². The van der Waals surface area contributed by atoms with Gasteiger partial charge >= 0.3 is 0 Å². The molecule has 1 aliphatic rings. The van der Waals surface area contributed by atoms with E-state index >= 15 is 0 Å². The quantitative estimate of drug-likeness (QED) is 0.602. The topological polar surface area (TPSA) is 6.48 Å². The summed E-state index contributed by atoms with van der Waals surface area (Å²) in [6, 6.07) is 1.53. The van der Waals surface area contributed by atoms with Gasteiger partial charge in [0.05, 0.1) is 0 Å². The molecule has 0 aromatic carbocycles. The van der Waals surface area contributed by atoms with Gasteiger partial charge in [-0.3, -0.25) is 4.90 Å². The van der Waals surface area contributed by atoms with Gasteiger partial charge in [0.15, 0.2) is 0 Å². The molecule has 0 unspecified atom stereocenters. The Bertz CT molecular complexity index is 117. The molecular formula is C9H20N2. The maximum Gasteiger partial charge on any atom is 0.0352 e. The van der Waals surface area contributed by atoms with Crippen LogP contribution in [0.5, 0.6) is 0 Å². The highest BCUT2D eigenvalue weighted by atomic mass is 15.3. The summed E-state index contributed by atoms with van der Waals surface area (Å²) in [6.07, 6.45) is 0. The van der Waals surface area contributed by atoms with Crippen LogP contribution >= 0.6 is 0 Å². The van der Waals surface area contributed by atoms with Gasteiger partial charge in [0.25, 0.3) is 0 Å². The average molecular weight is 156 g/mol. The Hall–Kier alpha value is -0.0800. The highest BCUT2D eigenvalue weighted by Gasteiger charge is 2.29. The van der Waals surface area contributed by atoms with Gasteiger partial charge < -0.3 is 4.90 Å². The minimum Gasteiger partial charge on any atom is -0.303 e. The summed E-state index contributed by atoms with van der Waals surface area (Å²) >= 11 is 0. The van der Waals surface area contributed by atoms with Crippen molar-refractivity contribution in [3.05, 3.63) is 0 Å². The van der Waals surface area contributed by atoms with Gasteiger partial charge in [-0.1, -0.05) is 6.92 Å². The van der Waals surface area contributed by atoms with Crippen molar-refractivity contribution < 1.29 is 0 Å². The average Bonchev–Trinajstić information content (AvgIpc) is 1.85. The standard InChI is InChI=1S/C9H20N2/c1-5-11(8(2)3)9-6-10(4)7-9/h8-9H,5-7H2,1-4H3. The second-order valence-corrected chi connectivity index (χ2v) is 3.80. The summed E-state index contributed by atoms with van der Waals surface area (Å²) in [6.45, 7) is 10.5. The molecule has 0 saturated carbocycles. The molecule has 0 amide bonds. The minimum atomic E-state index is 0.707. The zero-order valence-electron chi connectivity index (χ0n) is 8.17. The molecule has 0 N–H and O–H groups in total. The minimum absolute atomic E-state index is 0.707. The fourth-order valence-electron chi connectivity index (χ4n) is 1.92. The number of hydrogen-bond acceptors (Lipinski definition) is 2. The van der Waals surface area contributed by atoms with Crippen molar-refractivity contribution in [3.8, 4) is 0 Å². The van der Waals surface area contributed by atoms with Gasteiger partial charge in [0.2, 0.25) is 0 Å². The molecular weight excluding hydrogens is 136 g/mol. The van der Waals surface area contributed by atoms with Crippen molar-refractivity contribution in [1.82, 2.24) is 9.80 Å². The van der Waals surface area contributed by atoms with E-state index in [1.54, 1.807) is 0 Å². The summed E-state index contributed by atoms with van der Waals surface area (Å²) in [5, 5.41) is 0. The Labute approximate surface area is 70.2 Å². The summed E-state index contributed by atoms with van der Waals surface area (Å²) in [5.41, 5.74) is 0. The summed E-state index contributed by atoms with van der Waals surface area (Å²) < 4.78 is 0. The van der Waals surface area contributed by atoms with Gasteiger partial charge in [0, 0.05) is 25.2 Å². The molecule has 1 aliphatic heterocycles. The van der Waals surface area contributed by atoms with Gasteiger partial charge in [-0.05, 0) is 27.4 Å². The van der Waals surface area contributed by atoms with E-state index in [-0.39, 0.29) is 0 Å². The molecule has 2 nitrogen and oxygen atoms in total. The van der Waals surface area contributed by atoms with E-state index in [0.29, 0.717) is 6.04 Å². The predicted molar refractivity (Wildman–Crippen MR) is 48.8 cm³/mol. The van der Waals surface area contributed by atoms with Gasteiger partial charge in [-0.25, -0.2) is 0 Å². The lowest BCUT2D eigenvalue weighted by Gasteiger charge is -2.45. The first-order valence-corrected chi connectivity index (χ1v) is 4.59. The number of rotatable bonds is 3. The SMILES string of the molecule is CCN(C(C)C)C1CN(C)C1. The molecule has 0 aromatic rings. The molecule has 1 rings (SSSR count). The highest BCUT2D eigenvalue weighted by molar-refractivity contribution is 4.86. The van der Waals surface area contributed by atoms with Crippen LogP contribution < -0.4 is 0 Å². The van der Waals surface area contributed by atoms with Crippen molar-refractivity contribution in [3.63, 3.8) is 0 Å². The Morgan fingerprint density at radius 1 is 1.45 bits per heavy atom. The van der Waals surface area contributed by atoms with Crippen molar-refractivity contribution in [2.75, 3.05) is 26.7 Å². The van der Waals surface area contributed by atoms with E-state index in [0.717, 1.165) is 6.04 Å².